The van der Waals surface area contributed by atoms with Gasteiger partial charge in [0.1, 0.15) is 0 Å². The summed E-state index contributed by atoms with van der Waals surface area (Å²) < 4.78 is 0. The number of nitrogens with zero attached hydrogens (tertiary/aromatic N) is 1. The summed E-state index contributed by atoms with van der Waals surface area (Å²) in [7, 11) is 0. The van der Waals surface area contributed by atoms with Crippen LogP contribution in [0.3, 0.4) is 0 Å². The lowest BCUT2D eigenvalue weighted by Crippen LogP contribution is -2.39. The van der Waals surface area contributed by atoms with Crippen LogP contribution < -0.4 is 10.6 Å². The van der Waals surface area contributed by atoms with Crippen molar-refractivity contribution in [1.82, 2.24) is 15.6 Å². The van der Waals surface area contributed by atoms with Crippen molar-refractivity contribution >= 4 is 17.9 Å². The second-order valence-corrected chi connectivity index (χ2v) is 4.50. The van der Waals surface area contributed by atoms with Crippen molar-refractivity contribution < 1.29 is 19.5 Å². The monoisotopic (exact) mass is 291 g/mol. The van der Waals surface area contributed by atoms with Gasteiger partial charge in [0.05, 0.1) is 0 Å². The molecule has 3 amide bonds. The maximum atomic E-state index is 11.6. The number of hydrogen-bond acceptors (Lipinski definition) is 4. The third-order valence-electron chi connectivity index (χ3n) is 2.88. The highest BCUT2D eigenvalue weighted by molar-refractivity contribution is 6.07. The van der Waals surface area contributed by atoms with E-state index in [0.29, 0.717) is 0 Å². The van der Waals surface area contributed by atoms with Crippen LogP contribution in [0.1, 0.15) is 25.1 Å². The fraction of sp³-hybridized carbons (Fsp3) is 0.286. The molecule has 0 aliphatic carbocycles. The summed E-state index contributed by atoms with van der Waals surface area (Å²) in [6, 6.07) is 2.92. The molecule has 7 heteroatoms. The number of imide groups is 1. The van der Waals surface area contributed by atoms with Crippen LogP contribution in [0.15, 0.2) is 29.5 Å². The van der Waals surface area contributed by atoms with E-state index >= 15 is 0 Å². The Morgan fingerprint density at radius 2 is 1.86 bits per heavy atom. The number of amides is 3. The van der Waals surface area contributed by atoms with Gasteiger partial charge in [-0.25, -0.2) is 9.59 Å². The number of urea groups is 1. The summed E-state index contributed by atoms with van der Waals surface area (Å²) in [5.74, 6) is -1.94. The van der Waals surface area contributed by atoms with Gasteiger partial charge >= 0.3 is 12.0 Å². The van der Waals surface area contributed by atoms with Gasteiger partial charge < -0.3 is 10.4 Å². The molecule has 0 aromatic carbocycles. The molecule has 112 valence electrons. The van der Waals surface area contributed by atoms with Crippen molar-refractivity contribution in [3.63, 3.8) is 0 Å². The van der Waals surface area contributed by atoms with Gasteiger partial charge in [0.25, 0.3) is 5.91 Å². The Morgan fingerprint density at radius 1 is 1.19 bits per heavy atom. The molecule has 1 heterocycles. The van der Waals surface area contributed by atoms with E-state index in [1.165, 1.54) is 13.8 Å². The van der Waals surface area contributed by atoms with Gasteiger partial charge in [-0.05, 0) is 32.4 Å². The number of carbonyl (C=O) groups excluding carboxylic acids is 2. The van der Waals surface area contributed by atoms with Crippen LogP contribution in [-0.4, -0.2) is 28.0 Å². The molecule has 0 bridgehead atoms. The smallest absolute Gasteiger partial charge is 0.331 e. The number of aromatic nitrogens is 1. The van der Waals surface area contributed by atoms with Crippen LogP contribution in [0, 0.1) is 6.92 Å². The summed E-state index contributed by atoms with van der Waals surface area (Å²) in [6.45, 7) is 4.71. The molecule has 7 nitrogen and oxygen atoms in total. The van der Waals surface area contributed by atoms with Crippen LogP contribution in [0.5, 0.6) is 0 Å². The highest BCUT2D eigenvalue weighted by Gasteiger charge is 2.14. The molecular weight excluding hydrogens is 274 g/mol. The summed E-state index contributed by atoms with van der Waals surface area (Å²) in [4.78, 5) is 38.0. The Morgan fingerprint density at radius 3 is 2.38 bits per heavy atom. The second kappa shape index (κ2) is 7.18. The average Bonchev–Trinajstić information content (AvgIpc) is 2.44. The molecule has 1 rings (SSSR count). The van der Waals surface area contributed by atoms with Crippen LogP contribution >= 0.6 is 0 Å². The molecule has 0 unspecified atom stereocenters. The molecule has 21 heavy (non-hydrogen) atoms. The first-order valence-electron chi connectivity index (χ1n) is 6.22. The van der Waals surface area contributed by atoms with Gasteiger partial charge in [-0.1, -0.05) is 6.07 Å². The van der Waals surface area contributed by atoms with Crippen molar-refractivity contribution in [2.24, 2.45) is 0 Å². The van der Waals surface area contributed by atoms with Crippen LogP contribution in [0.2, 0.25) is 0 Å². The maximum Gasteiger partial charge on any atom is 0.331 e. The Bertz CT molecular complexity index is 591. The Kier molecular flexibility index (Phi) is 5.59. The fourth-order valence-corrected chi connectivity index (χ4v) is 1.36. The lowest BCUT2D eigenvalue weighted by molar-refractivity contribution is -0.133. The molecule has 1 aromatic heterocycles. The quantitative estimate of drug-likeness (QED) is 0.721. The molecule has 0 saturated heterocycles. The third kappa shape index (κ3) is 5.06. The van der Waals surface area contributed by atoms with Gasteiger partial charge in [0, 0.05) is 29.6 Å². The van der Waals surface area contributed by atoms with Crippen molar-refractivity contribution in [3.8, 4) is 0 Å². The summed E-state index contributed by atoms with van der Waals surface area (Å²) >= 11 is 0. The highest BCUT2D eigenvalue weighted by atomic mass is 16.4. The van der Waals surface area contributed by atoms with E-state index in [2.05, 4.69) is 15.6 Å². The van der Waals surface area contributed by atoms with Crippen molar-refractivity contribution in [2.45, 2.75) is 27.3 Å². The van der Waals surface area contributed by atoms with E-state index < -0.39 is 17.9 Å². The lowest BCUT2D eigenvalue weighted by Gasteiger charge is -2.08. The van der Waals surface area contributed by atoms with Gasteiger partial charge in [-0.2, -0.15) is 0 Å². The zero-order chi connectivity index (χ0) is 16.0. The zero-order valence-corrected chi connectivity index (χ0v) is 12.1. The molecule has 0 spiro atoms. The minimum absolute atomic E-state index is 0.0188. The number of pyridine rings is 1. The Balaban J connectivity index is 2.54. The Labute approximate surface area is 122 Å². The van der Waals surface area contributed by atoms with Gasteiger partial charge in [0.2, 0.25) is 0 Å². The normalized spacial score (nSPS) is 11.4. The zero-order valence-electron chi connectivity index (χ0n) is 12.1. The van der Waals surface area contributed by atoms with E-state index in [0.717, 1.165) is 11.3 Å². The molecule has 0 saturated carbocycles. The first kappa shape index (κ1) is 16.4. The molecule has 1 aromatic rings. The van der Waals surface area contributed by atoms with Crippen molar-refractivity contribution in [1.29, 1.82) is 0 Å². The minimum Gasteiger partial charge on any atom is -0.478 e. The van der Waals surface area contributed by atoms with Crippen LogP contribution in [0.25, 0.3) is 0 Å². The summed E-state index contributed by atoms with van der Waals surface area (Å²) in [5.41, 5.74) is 1.53. The molecule has 0 aliphatic heterocycles. The SMILES string of the molecule is CC(C(=O)O)=C(C)C(=O)NC(=O)NCc1ccc(C)nc1. The highest BCUT2D eigenvalue weighted by Crippen LogP contribution is 2.03. The number of carboxylic acid groups (broad SMARTS) is 1. The largest absolute Gasteiger partial charge is 0.478 e. The van der Waals surface area contributed by atoms with E-state index in [4.69, 9.17) is 5.11 Å². The number of carbonyl (C=O) groups is 3. The van der Waals surface area contributed by atoms with E-state index in [1.807, 2.05) is 19.1 Å². The molecule has 0 fully saturated rings. The van der Waals surface area contributed by atoms with Gasteiger partial charge in [0.15, 0.2) is 0 Å². The molecule has 3 N–H and O–H groups in total. The topological polar surface area (TPSA) is 108 Å². The van der Waals surface area contributed by atoms with E-state index in [-0.39, 0.29) is 17.7 Å². The number of aryl methyl sites for hydroxylation is 1. The van der Waals surface area contributed by atoms with E-state index in [9.17, 15) is 14.4 Å². The van der Waals surface area contributed by atoms with Gasteiger partial charge in [-0.3, -0.25) is 15.1 Å². The minimum atomic E-state index is -1.20. The first-order valence-corrected chi connectivity index (χ1v) is 6.22. The number of carboxylic acids is 1. The Hall–Kier alpha value is -2.70. The number of rotatable bonds is 4. The molecule has 0 radical (unpaired) electrons. The summed E-state index contributed by atoms with van der Waals surface area (Å²) in [5, 5.41) is 13.3. The summed E-state index contributed by atoms with van der Waals surface area (Å²) in [6.07, 6.45) is 1.62. The standard InChI is InChI=1S/C14H17N3O4/c1-8-4-5-11(6-15-8)7-16-14(21)17-12(18)9(2)10(3)13(19)20/h4-6H,7H2,1-3H3,(H,19,20)(H2,16,17,18,21). The lowest BCUT2D eigenvalue weighted by atomic mass is 10.1. The second-order valence-electron chi connectivity index (χ2n) is 4.50. The van der Waals surface area contributed by atoms with Crippen molar-refractivity contribution in [3.05, 3.63) is 40.7 Å². The molecule has 0 aliphatic rings. The van der Waals surface area contributed by atoms with Crippen LogP contribution in [-0.2, 0) is 16.1 Å². The van der Waals surface area contributed by atoms with Crippen LogP contribution in [0.4, 0.5) is 4.79 Å². The van der Waals surface area contributed by atoms with Gasteiger partial charge in [-0.15, -0.1) is 0 Å². The van der Waals surface area contributed by atoms with E-state index in [1.54, 1.807) is 6.20 Å². The number of nitrogens with one attached hydrogen (secondary N) is 2. The number of aliphatic carboxylic acids is 1. The third-order valence-corrected chi connectivity index (χ3v) is 2.88. The first-order chi connectivity index (χ1) is 9.81. The van der Waals surface area contributed by atoms with Crippen molar-refractivity contribution in [2.75, 3.05) is 0 Å². The number of hydrogen-bond donors (Lipinski definition) is 3. The maximum absolute atomic E-state index is 11.6. The molecular formula is C14H17N3O4. The predicted molar refractivity (Wildman–Crippen MR) is 75.4 cm³/mol. The fourth-order valence-electron chi connectivity index (χ4n) is 1.36. The average molecular weight is 291 g/mol. The molecule has 0 atom stereocenters. The predicted octanol–water partition coefficient (Wildman–Crippen LogP) is 1.14.